The van der Waals surface area contributed by atoms with E-state index in [1.54, 1.807) is 37.3 Å². The molecule has 4 aromatic carbocycles. The highest BCUT2D eigenvalue weighted by Crippen LogP contribution is 2.34. The maximum atomic E-state index is 14.6. The second-order valence-electron chi connectivity index (χ2n) is 26.6. The van der Waals surface area contributed by atoms with Crippen LogP contribution in [0.2, 0.25) is 0 Å². The van der Waals surface area contributed by atoms with Gasteiger partial charge in [-0.15, -0.1) is 0 Å². The summed E-state index contributed by atoms with van der Waals surface area (Å²) >= 11 is 0. The number of benzene rings is 4. The van der Waals surface area contributed by atoms with Gasteiger partial charge >= 0.3 is 11.9 Å². The average Bonchev–Trinajstić information content (AvgIpc) is 3.37. The van der Waals surface area contributed by atoms with Crippen LogP contribution in [0.5, 0.6) is 5.75 Å². The molecule has 7 rings (SSSR count). The fourth-order valence-corrected chi connectivity index (χ4v) is 13.2. The number of rotatable bonds is 31. The number of nitrogens with two attached hydrogens (primary N) is 3. The van der Waals surface area contributed by atoms with Crippen LogP contribution < -0.4 is 37.9 Å². The normalized spacial score (nSPS) is 18.9. The fraction of sp³-hybridized carbons (Fsp3) is 0.620. The third-order valence-electron chi connectivity index (χ3n) is 17.9. The van der Waals surface area contributed by atoms with Crippen molar-refractivity contribution in [2.24, 2.45) is 35.0 Å². The summed E-state index contributed by atoms with van der Waals surface area (Å²) in [5, 5.41) is 11.2. The Balaban J connectivity index is 0.965. The molecular formula is C71H104N6O11. The number of methoxy groups -OCH3 is 1. The SMILES string of the molecule is COC(=O)c1ccc(COC(=O)C(C)NC(=O)C(OC(C)CCOc2cccc(NC(=O)C(OC(C)Cc3ccc(C(C)NC(=O)C(OC(C)(C)C)[C@H](N)CC4CCCCC4)c4ccccc34)C(N)CC3CCCCC3)c2)C(N)CC2CCCCC2)cc1. The van der Waals surface area contributed by atoms with E-state index in [4.69, 9.17) is 45.6 Å². The average molecular weight is 1220 g/mol. The van der Waals surface area contributed by atoms with E-state index in [1.165, 1.54) is 39.2 Å². The molecule has 3 saturated carbocycles. The van der Waals surface area contributed by atoms with Crippen LogP contribution in [0, 0.1) is 17.8 Å². The molecule has 0 aliphatic heterocycles. The van der Waals surface area contributed by atoms with Gasteiger partial charge in [0.05, 0.1) is 43.1 Å². The van der Waals surface area contributed by atoms with Crippen molar-refractivity contribution >= 4 is 46.1 Å². The molecule has 0 heterocycles. The van der Waals surface area contributed by atoms with Gasteiger partial charge < -0.3 is 61.6 Å². The van der Waals surface area contributed by atoms with Gasteiger partial charge in [-0.25, -0.2) is 9.59 Å². The molecule has 88 heavy (non-hydrogen) atoms. The summed E-state index contributed by atoms with van der Waals surface area (Å²) in [6, 6.07) is 23.2. The first-order chi connectivity index (χ1) is 42.1. The summed E-state index contributed by atoms with van der Waals surface area (Å²) in [5.74, 6) is -0.340. The number of nitrogens with one attached hydrogen (secondary N) is 3. The highest BCUT2D eigenvalue weighted by Gasteiger charge is 2.36. The smallest absolute Gasteiger partial charge is 0.337 e. The standard InChI is InChI=1S/C71H104N6O11/c1-45(86-63(60(72)40-49-21-12-9-13-22-49)66(78)76-48(4)69(81)85-44-52-31-33-53(34-32-52)70(82)83-8)37-38-84-56-28-20-27-55(43-56)77-67(79)64(61(73)41-50-23-14-10-15-24-50)87-46(2)39-54-35-36-57(59-30-19-18-29-58(54)59)47(3)75-68(80)65(88-71(5,6)7)62(74)42-51-25-16-11-17-26-51/h18-20,27-36,43,45-51,60-65H,9-17,21-26,37-42,44,72-74H2,1-8H3,(H,75,80)(H,76,78)(H,77,79)/t45?,46?,47?,48?,60?,61?,62-,63?,64?,65?/m1/s1. The second-order valence-corrected chi connectivity index (χ2v) is 26.6. The number of hydrogen-bond acceptors (Lipinski definition) is 14. The Morgan fingerprint density at radius 1 is 0.591 bits per heavy atom. The Kier molecular flexibility index (Phi) is 27.1. The number of anilines is 1. The lowest BCUT2D eigenvalue weighted by Gasteiger charge is -2.34. The zero-order valence-corrected chi connectivity index (χ0v) is 53.9. The molecule has 0 bridgehead atoms. The van der Waals surface area contributed by atoms with Gasteiger partial charge in [-0.05, 0) is 144 Å². The van der Waals surface area contributed by atoms with Crippen molar-refractivity contribution < 1.29 is 52.4 Å². The van der Waals surface area contributed by atoms with Crippen molar-refractivity contribution in [2.45, 2.75) is 250 Å². The van der Waals surface area contributed by atoms with E-state index in [2.05, 4.69) is 40.2 Å². The summed E-state index contributed by atoms with van der Waals surface area (Å²) in [7, 11) is 1.31. The lowest BCUT2D eigenvalue weighted by molar-refractivity contribution is -0.151. The van der Waals surface area contributed by atoms with Gasteiger partial charge in [-0.2, -0.15) is 0 Å². The van der Waals surface area contributed by atoms with Crippen molar-refractivity contribution in [3.05, 3.63) is 107 Å². The molecule has 3 amide bonds. The number of esters is 2. The number of fused-ring (bicyclic) bond motifs is 1. The topological polar surface area (TPSA) is 255 Å². The van der Waals surface area contributed by atoms with Gasteiger partial charge in [0.2, 0.25) is 0 Å². The summed E-state index contributed by atoms with van der Waals surface area (Å²) in [6.45, 7) is 13.5. The third-order valence-corrected chi connectivity index (χ3v) is 17.9. The quantitative estimate of drug-likeness (QED) is 0.0256. The highest BCUT2D eigenvalue weighted by atomic mass is 16.5. The van der Waals surface area contributed by atoms with Crippen LogP contribution in [0.1, 0.15) is 204 Å². The summed E-state index contributed by atoms with van der Waals surface area (Å²) in [6.07, 6.45) is 16.4. The molecule has 3 aliphatic carbocycles. The Morgan fingerprint density at radius 3 is 1.69 bits per heavy atom. The summed E-state index contributed by atoms with van der Waals surface area (Å²) in [5.41, 5.74) is 23.7. The molecule has 0 saturated heterocycles. The van der Waals surface area contributed by atoms with Gasteiger partial charge in [0.15, 0.2) is 18.3 Å². The molecule has 0 aromatic heterocycles. The number of carbonyl (C=O) groups is 5. The summed E-state index contributed by atoms with van der Waals surface area (Å²) < 4.78 is 36.1. The third kappa shape index (κ3) is 21.6. The minimum atomic E-state index is -1.04. The van der Waals surface area contributed by atoms with Crippen molar-refractivity contribution in [3.8, 4) is 5.75 Å². The predicted molar refractivity (Wildman–Crippen MR) is 345 cm³/mol. The molecular weight excluding hydrogens is 1110 g/mol. The number of amides is 3. The molecule has 0 spiro atoms. The fourth-order valence-electron chi connectivity index (χ4n) is 13.2. The molecule has 3 aliphatic rings. The van der Waals surface area contributed by atoms with Crippen LogP contribution in [-0.2, 0) is 55.9 Å². The lowest BCUT2D eigenvalue weighted by Crippen LogP contribution is -2.53. The van der Waals surface area contributed by atoms with Crippen LogP contribution in [0.4, 0.5) is 5.69 Å². The van der Waals surface area contributed by atoms with Gasteiger partial charge in [-0.3, -0.25) is 14.4 Å². The van der Waals surface area contributed by atoms with E-state index >= 15 is 0 Å². The molecule has 3 fully saturated rings. The van der Waals surface area contributed by atoms with Gasteiger partial charge in [0, 0.05) is 36.3 Å². The Bertz CT molecular complexity index is 2840. The zero-order valence-electron chi connectivity index (χ0n) is 53.9. The van der Waals surface area contributed by atoms with Crippen molar-refractivity contribution in [1.82, 2.24) is 10.6 Å². The van der Waals surface area contributed by atoms with E-state index in [0.717, 1.165) is 92.5 Å². The van der Waals surface area contributed by atoms with Crippen LogP contribution in [0.3, 0.4) is 0 Å². The lowest BCUT2D eigenvalue weighted by atomic mass is 9.83. The molecule has 17 heteroatoms. The molecule has 484 valence electrons. The molecule has 9 unspecified atom stereocenters. The number of carbonyl (C=O) groups excluding carboxylic acids is 5. The monoisotopic (exact) mass is 1220 g/mol. The van der Waals surface area contributed by atoms with Crippen LogP contribution in [0.25, 0.3) is 10.8 Å². The Morgan fingerprint density at radius 2 is 1.12 bits per heavy atom. The minimum Gasteiger partial charge on any atom is -0.493 e. The first kappa shape index (κ1) is 69.5. The van der Waals surface area contributed by atoms with Gasteiger partial charge in [-0.1, -0.05) is 151 Å². The van der Waals surface area contributed by atoms with Gasteiger partial charge in [0.1, 0.15) is 18.4 Å². The van der Waals surface area contributed by atoms with Crippen molar-refractivity contribution in [3.63, 3.8) is 0 Å². The molecule has 9 N–H and O–H groups in total. The molecule has 0 radical (unpaired) electrons. The van der Waals surface area contributed by atoms with E-state index < -0.39 is 78.1 Å². The first-order valence-electron chi connectivity index (χ1n) is 32.9. The highest BCUT2D eigenvalue weighted by molar-refractivity contribution is 5.95. The van der Waals surface area contributed by atoms with Crippen LogP contribution >= 0.6 is 0 Å². The van der Waals surface area contributed by atoms with Crippen LogP contribution in [-0.4, -0.2) is 104 Å². The van der Waals surface area contributed by atoms with E-state index in [0.29, 0.717) is 66.0 Å². The molecule has 17 nitrogen and oxygen atoms in total. The predicted octanol–water partition coefficient (Wildman–Crippen LogP) is 11.6. The van der Waals surface area contributed by atoms with E-state index in [1.807, 2.05) is 71.9 Å². The zero-order chi connectivity index (χ0) is 63.3. The maximum Gasteiger partial charge on any atom is 0.337 e. The minimum absolute atomic E-state index is 0.0513. The number of hydrogen-bond donors (Lipinski definition) is 6. The first-order valence-corrected chi connectivity index (χ1v) is 32.9. The second kappa shape index (κ2) is 34.3. The van der Waals surface area contributed by atoms with Crippen molar-refractivity contribution in [1.29, 1.82) is 0 Å². The maximum absolute atomic E-state index is 14.6. The molecule has 10 atom stereocenters. The van der Waals surface area contributed by atoms with E-state index in [9.17, 15) is 24.0 Å². The van der Waals surface area contributed by atoms with Crippen LogP contribution in [0.15, 0.2) is 84.9 Å². The summed E-state index contributed by atoms with van der Waals surface area (Å²) in [4.78, 5) is 67.6. The van der Waals surface area contributed by atoms with E-state index in [-0.39, 0.29) is 31.1 Å². The Labute approximate surface area is 523 Å². The number of ether oxygens (including phenoxy) is 6. The Hall–Kier alpha value is -5.95. The molecule has 4 aromatic rings. The largest absolute Gasteiger partial charge is 0.493 e. The van der Waals surface area contributed by atoms with Crippen molar-refractivity contribution in [2.75, 3.05) is 19.0 Å². The van der Waals surface area contributed by atoms with Gasteiger partial charge in [0.25, 0.3) is 17.7 Å².